The molecule has 1 heterocycles. The first-order chi connectivity index (χ1) is 5.38. The zero-order chi connectivity index (χ0) is 8.10. The van der Waals surface area contributed by atoms with Gasteiger partial charge in [-0.2, -0.15) is 4.57 Å². The molecule has 0 N–H and O–H groups in total. The van der Waals surface area contributed by atoms with Crippen molar-refractivity contribution in [2.75, 3.05) is 6.67 Å². The Balaban J connectivity index is 2.83. The standard InChI is InChI=1S/C9H13FN/c1-2-9-5-3-4-7-11(9)8-6-10/h3-5,7H,2,6,8H2,1H3/q+1. The Morgan fingerprint density at radius 3 is 2.91 bits per heavy atom. The summed E-state index contributed by atoms with van der Waals surface area (Å²) in [5.74, 6) is 0. The SMILES string of the molecule is CCc1cccc[n+]1CCF. The summed E-state index contributed by atoms with van der Waals surface area (Å²) >= 11 is 0. The Morgan fingerprint density at radius 1 is 1.45 bits per heavy atom. The van der Waals surface area contributed by atoms with E-state index in [0.717, 1.165) is 6.42 Å². The number of alkyl halides is 1. The molecule has 0 saturated carbocycles. The molecule has 2 heteroatoms. The van der Waals surface area contributed by atoms with E-state index in [9.17, 15) is 4.39 Å². The van der Waals surface area contributed by atoms with Crippen molar-refractivity contribution in [3.05, 3.63) is 30.1 Å². The summed E-state index contributed by atoms with van der Waals surface area (Å²) in [7, 11) is 0. The van der Waals surface area contributed by atoms with E-state index in [-0.39, 0.29) is 6.67 Å². The number of hydrogen-bond acceptors (Lipinski definition) is 0. The van der Waals surface area contributed by atoms with E-state index in [1.54, 1.807) is 0 Å². The molecule has 0 bridgehead atoms. The summed E-state index contributed by atoms with van der Waals surface area (Å²) in [6.45, 7) is 2.26. The Labute approximate surface area is 66.5 Å². The molecule has 0 aliphatic rings. The Kier molecular flexibility index (Phi) is 3.02. The lowest BCUT2D eigenvalue weighted by atomic mass is 10.3. The minimum Gasteiger partial charge on any atom is -0.244 e. The van der Waals surface area contributed by atoms with Crippen molar-refractivity contribution >= 4 is 0 Å². The second-order valence-electron chi connectivity index (χ2n) is 2.43. The number of pyridine rings is 1. The molecule has 11 heavy (non-hydrogen) atoms. The van der Waals surface area contributed by atoms with Crippen molar-refractivity contribution in [1.29, 1.82) is 0 Å². The number of rotatable bonds is 3. The maximum atomic E-state index is 12.0. The maximum absolute atomic E-state index is 12.0. The van der Waals surface area contributed by atoms with E-state index in [4.69, 9.17) is 0 Å². The third-order valence-corrected chi connectivity index (χ3v) is 1.72. The van der Waals surface area contributed by atoms with E-state index in [0.29, 0.717) is 6.54 Å². The van der Waals surface area contributed by atoms with Crippen LogP contribution >= 0.6 is 0 Å². The van der Waals surface area contributed by atoms with Gasteiger partial charge in [-0.05, 0) is 0 Å². The molecule has 0 radical (unpaired) electrons. The van der Waals surface area contributed by atoms with Gasteiger partial charge in [-0.1, -0.05) is 13.0 Å². The van der Waals surface area contributed by atoms with Crippen molar-refractivity contribution in [1.82, 2.24) is 0 Å². The molecule has 0 amide bonds. The molecule has 0 saturated heterocycles. The lowest BCUT2D eigenvalue weighted by molar-refractivity contribution is -0.703. The van der Waals surface area contributed by atoms with Crippen LogP contribution in [0.3, 0.4) is 0 Å². The molecule has 0 aromatic carbocycles. The highest BCUT2D eigenvalue weighted by Gasteiger charge is 2.04. The topological polar surface area (TPSA) is 3.88 Å². The van der Waals surface area contributed by atoms with Gasteiger partial charge in [-0.3, -0.25) is 0 Å². The molecular formula is C9H13FN+. The first-order valence-electron chi connectivity index (χ1n) is 3.91. The lowest BCUT2D eigenvalue weighted by Crippen LogP contribution is -2.38. The Bertz CT molecular complexity index is 223. The fourth-order valence-electron chi connectivity index (χ4n) is 1.14. The van der Waals surface area contributed by atoms with Crippen LogP contribution < -0.4 is 4.57 Å². The predicted molar refractivity (Wildman–Crippen MR) is 42.0 cm³/mol. The van der Waals surface area contributed by atoms with E-state index in [2.05, 4.69) is 6.92 Å². The van der Waals surface area contributed by atoms with Crippen molar-refractivity contribution in [2.45, 2.75) is 19.9 Å². The molecule has 1 aromatic heterocycles. The van der Waals surface area contributed by atoms with Crippen LogP contribution in [-0.4, -0.2) is 6.67 Å². The summed E-state index contributed by atoms with van der Waals surface area (Å²) in [5, 5.41) is 0. The van der Waals surface area contributed by atoms with Crippen molar-refractivity contribution in [3.63, 3.8) is 0 Å². The third-order valence-electron chi connectivity index (χ3n) is 1.72. The van der Waals surface area contributed by atoms with Crippen molar-refractivity contribution in [3.8, 4) is 0 Å². The van der Waals surface area contributed by atoms with Crippen LogP contribution in [-0.2, 0) is 13.0 Å². The number of nitrogens with zero attached hydrogens (tertiary/aromatic N) is 1. The zero-order valence-corrected chi connectivity index (χ0v) is 6.76. The number of halogens is 1. The van der Waals surface area contributed by atoms with Gasteiger partial charge in [0, 0.05) is 18.6 Å². The average molecular weight is 154 g/mol. The first-order valence-corrected chi connectivity index (χ1v) is 3.91. The fourth-order valence-corrected chi connectivity index (χ4v) is 1.14. The highest BCUT2D eigenvalue weighted by Crippen LogP contribution is 1.91. The van der Waals surface area contributed by atoms with Gasteiger partial charge in [0.2, 0.25) is 0 Å². The largest absolute Gasteiger partial charge is 0.244 e. The van der Waals surface area contributed by atoms with E-state index in [1.165, 1.54) is 5.69 Å². The van der Waals surface area contributed by atoms with Crippen LogP contribution in [0.5, 0.6) is 0 Å². The minimum absolute atomic E-state index is 0.290. The van der Waals surface area contributed by atoms with Gasteiger partial charge >= 0.3 is 0 Å². The van der Waals surface area contributed by atoms with Gasteiger partial charge in [0.25, 0.3) is 0 Å². The average Bonchev–Trinajstić information content (AvgIpc) is 2.06. The number of hydrogen-bond donors (Lipinski definition) is 0. The lowest BCUT2D eigenvalue weighted by Gasteiger charge is -1.97. The highest BCUT2D eigenvalue weighted by molar-refractivity contribution is 4.96. The van der Waals surface area contributed by atoms with Crippen LogP contribution in [0, 0.1) is 0 Å². The number of aryl methyl sites for hydroxylation is 2. The van der Waals surface area contributed by atoms with E-state index in [1.807, 2.05) is 29.0 Å². The summed E-state index contributed by atoms with van der Waals surface area (Å²) in [4.78, 5) is 0. The van der Waals surface area contributed by atoms with Crippen molar-refractivity contribution < 1.29 is 8.96 Å². The minimum atomic E-state index is -0.290. The maximum Gasteiger partial charge on any atom is 0.181 e. The molecule has 1 nitrogen and oxygen atoms in total. The highest BCUT2D eigenvalue weighted by atomic mass is 19.1. The van der Waals surface area contributed by atoms with Gasteiger partial charge in [0.15, 0.2) is 18.4 Å². The van der Waals surface area contributed by atoms with Crippen LogP contribution in [0.2, 0.25) is 0 Å². The molecular weight excluding hydrogens is 141 g/mol. The van der Waals surface area contributed by atoms with Crippen LogP contribution in [0.1, 0.15) is 12.6 Å². The molecule has 0 fully saturated rings. The first kappa shape index (κ1) is 8.18. The molecule has 0 spiro atoms. The zero-order valence-electron chi connectivity index (χ0n) is 6.76. The molecule has 1 rings (SSSR count). The normalized spacial score (nSPS) is 10.0. The van der Waals surface area contributed by atoms with Gasteiger partial charge in [0.1, 0.15) is 6.67 Å². The van der Waals surface area contributed by atoms with Crippen molar-refractivity contribution in [2.24, 2.45) is 0 Å². The van der Waals surface area contributed by atoms with Gasteiger partial charge in [-0.25, -0.2) is 4.39 Å². The summed E-state index contributed by atoms with van der Waals surface area (Å²) in [6, 6.07) is 5.93. The van der Waals surface area contributed by atoms with E-state index < -0.39 is 0 Å². The van der Waals surface area contributed by atoms with Crippen LogP contribution in [0.4, 0.5) is 4.39 Å². The molecule has 0 atom stereocenters. The van der Waals surface area contributed by atoms with Gasteiger partial charge < -0.3 is 0 Å². The Morgan fingerprint density at radius 2 is 2.27 bits per heavy atom. The summed E-state index contributed by atoms with van der Waals surface area (Å²) in [5.41, 5.74) is 1.19. The Hall–Kier alpha value is -0.920. The predicted octanol–water partition coefficient (Wildman–Crippen LogP) is 1.51. The summed E-state index contributed by atoms with van der Waals surface area (Å²) in [6.07, 6.45) is 2.87. The fraction of sp³-hybridized carbons (Fsp3) is 0.444. The smallest absolute Gasteiger partial charge is 0.181 e. The second-order valence-corrected chi connectivity index (χ2v) is 2.43. The monoisotopic (exact) mass is 154 g/mol. The molecule has 0 aliphatic carbocycles. The molecule has 0 aliphatic heterocycles. The van der Waals surface area contributed by atoms with E-state index >= 15 is 0 Å². The van der Waals surface area contributed by atoms with Crippen LogP contribution in [0.15, 0.2) is 24.4 Å². The quantitative estimate of drug-likeness (QED) is 0.581. The molecule has 60 valence electrons. The number of aromatic nitrogens is 1. The second kappa shape index (κ2) is 4.06. The van der Waals surface area contributed by atoms with Gasteiger partial charge in [0.05, 0.1) is 0 Å². The molecule has 1 aromatic rings. The molecule has 0 unspecified atom stereocenters. The third kappa shape index (κ3) is 2.00. The van der Waals surface area contributed by atoms with Crippen LogP contribution in [0.25, 0.3) is 0 Å². The summed E-state index contributed by atoms with van der Waals surface area (Å²) < 4.78 is 13.9. The van der Waals surface area contributed by atoms with Gasteiger partial charge in [-0.15, -0.1) is 0 Å².